The van der Waals surface area contributed by atoms with Gasteiger partial charge in [0.15, 0.2) is 0 Å². The minimum atomic E-state index is 0.166. The lowest BCUT2D eigenvalue weighted by atomic mass is 10.1. The lowest BCUT2D eigenvalue weighted by Crippen LogP contribution is -2.00. The first-order chi connectivity index (χ1) is 7.71. The Labute approximate surface area is 97.7 Å². The van der Waals surface area contributed by atoms with Gasteiger partial charge < -0.3 is 5.11 Å². The van der Waals surface area contributed by atoms with Crippen molar-refractivity contribution in [1.82, 2.24) is 0 Å². The summed E-state index contributed by atoms with van der Waals surface area (Å²) in [5, 5.41) is 9.79. The van der Waals surface area contributed by atoms with E-state index in [1.807, 2.05) is 39.0 Å². The van der Waals surface area contributed by atoms with Gasteiger partial charge in [0, 0.05) is 11.8 Å². The van der Waals surface area contributed by atoms with Crippen LogP contribution in [0.25, 0.3) is 0 Å². The van der Waals surface area contributed by atoms with Crippen molar-refractivity contribution in [2.75, 3.05) is 0 Å². The van der Waals surface area contributed by atoms with E-state index in [1.165, 1.54) is 0 Å². The predicted octanol–water partition coefficient (Wildman–Crippen LogP) is 4.11. The van der Waals surface area contributed by atoms with E-state index in [-0.39, 0.29) is 5.76 Å². The number of nitrogens with zero attached hydrogens (tertiary/aromatic N) is 1. The molecule has 2 nitrogen and oxygen atoms in total. The molecule has 0 bridgehead atoms. The van der Waals surface area contributed by atoms with E-state index in [4.69, 9.17) is 0 Å². The third kappa shape index (κ3) is 4.60. The van der Waals surface area contributed by atoms with Gasteiger partial charge in [0.2, 0.25) is 0 Å². The Morgan fingerprint density at radius 1 is 1.06 bits per heavy atom. The van der Waals surface area contributed by atoms with Crippen LogP contribution in [-0.2, 0) is 0 Å². The van der Waals surface area contributed by atoms with Gasteiger partial charge in [0.05, 0.1) is 5.71 Å². The highest BCUT2D eigenvalue weighted by atomic mass is 16.3. The summed E-state index contributed by atoms with van der Waals surface area (Å²) in [5.74, 6) is 0.166. The SMILES string of the molecule is C=CC(=C(O)\C=C/C)/C(/C=C\C)=N/C=C\C. The zero-order valence-electron chi connectivity index (χ0n) is 10.1. The fourth-order valence-electron chi connectivity index (χ4n) is 1.10. The highest BCUT2D eigenvalue weighted by molar-refractivity contribution is 6.11. The smallest absolute Gasteiger partial charge is 0.124 e. The summed E-state index contributed by atoms with van der Waals surface area (Å²) >= 11 is 0. The second kappa shape index (κ2) is 8.48. The molecule has 0 aliphatic carbocycles. The van der Waals surface area contributed by atoms with E-state index in [9.17, 15) is 5.11 Å². The molecule has 0 aromatic rings. The van der Waals surface area contributed by atoms with Gasteiger partial charge >= 0.3 is 0 Å². The van der Waals surface area contributed by atoms with Crippen LogP contribution >= 0.6 is 0 Å². The topological polar surface area (TPSA) is 32.6 Å². The van der Waals surface area contributed by atoms with E-state index in [2.05, 4.69) is 11.6 Å². The van der Waals surface area contributed by atoms with Gasteiger partial charge in [0.1, 0.15) is 5.76 Å². The fraction of sp³-hybridized carbons (Fsp3) is 0.214. The van der Waals surface area contributed by atoms with Crippen molar-refractivity contribution in [3.05, 3.63) is 60.6 Å². The van der Waals surface area contributed by atoms with Crippen molar-refractivity contribution >= 4 is 5.71 Å². The average molecular weight is 217 g/mol. The molecule has 0 aromatic heterocycles. The van der Waals surface area contributed by atoms with Crippen LogP contribution in [0, 0.1) is 0 Å². The number of hydrogen-bond acceptors (Lipinski definition) is 2. The zero-order valence-corrected chi connectivity index (χ0v) is 10.1. The molecule has 0 amide bonds. The van der Waals surface area contributed by atoms with Gasteiger partial charge in [-0.3, -0.25) is 4.99 Å². The van der Waals surface area contributed by atoms with Crippen molar-refractivity contribution in [2.24, 2.45) is 4.99 Å². The first-order valence-electron chi connectivity index (χ1n) is 5.21. The van der Waals surface area contributed by atoms with E-state index >= 15 is 0 Å². The predicted molar refractivity (Wildman–Crippen MR) is 71.7 cm³/mol. The first-order valence-corrected chi connectivity index (χ1v) is 5.21. The highest BCUT2D eigenvalue weighted by Gasteiger charge is 2.04. The summed E-state index contributed by atoms with van der Waals surface area (Å²) in [7, 11) is 0. The normalized spacial score (nSPS) is 15.1. The fourth-order valence-corrected chi connectivity index (χ4v) is 1.10. The van der Waals surface area contributed by atoms with Gasteiger partial charge in [-0.25, -0.2) is 0 Å². The molecule has 0 heterocycles. The van der Waals surface area contributed by atoms with Crippen LogP contribution in [0.3, 0.4) is 0 Å². The number of hydrogen-bond donors (Lipinski definition) is 1. The third-order valence-electron chi connectivity index (χ3n) is 1.77. The molecule has 0 atom stereocenters. The van der Waals surface area contributed by atoms with Crippen molar-refractivity contribution in [2.45, 2.75) is 20.8 Å². The number of allylic oxidation sites excluding steroid dienone is 7. The highest BCUT2D eigenvalue weighted by Crippen LogP contribution is 2.09. The second-order valence-corrected chi connectivity index (χ2v) is 3.00. The van der Waals surface area contributed by atoms with E-state index < -0.39 is 0 Å². The molecule has 16 heavy (non-hydrogen) atoms. The zero-order chi connectivity index (χ0) is 12.4. The molecule has 0 fully saturated rings. The molecule has 0 saturated carbocycles. The van der Waals surface area contributed by atoms with Crippen molar-refractivity contribution < 1.29 is 5.11 Å². The van der Waals surface area contributed by atoms with Gasteiger partial charge in [-0.05, 0) is 32.9 Å². The molecule has 0 aromatic carbocycles. The molecule has 0 rings (SSSR count). The number of rotatable bonds is 5. The van der Waals surface area contributed by atoms with Crippen molar-refractivity contribution in [3.63, 3.8) is 0 Å². The van der Waals surface area contributed by atoms with Crippen molar-refractivity contribution in [3.8, 4) is 0 Å². The van der Waals surface area contributed by atoms with Crippen LogP contribution in [0.15, 0.2) is 65.6 Å². The van der Waals surface area contributed by atoms with Crippen LogP contribution in [-0.4, -0.2) is 10.8 Å². The summed E-state index contributed by atoms with van der Waals surface area (Å²) in [6.07, 6.45) is 12.2. The van der Waals surface area contributed by atoms with Gasteiger partial charge in [0.25, 0.3) is 0 Å². The number of aliphatic hydroxyl groups is 1. The molecule has 0 unspecified atom stereocenters. The van der Waals surface area contributed by atoms with Gasteiger partial charge in [-0.15, -0.1) is 0 Å². The maximum atomic E-state index is 9.79. The number of aliphatic imine (C=N–C) groups is 1. The quantitative estimate of drug-likeness (QED) is 0.419. The van der Waals surface area contributed by atoms with Crippen molar-refractivity contribution in [1.29, 1.82) is 0 Å². The molecule has 0 radical (unpaired) electrons. The molecule has 2 heteroatoms. The van der Waals surface area contributed by atoms with E-state index in [1.54, 1.807) is 24.4 Å². The summed E-state index contributed by atoms with van der Waals surface area (Å²) < 4.78 is 0. The Hall–Kier alpha value is -1.83. The minimum Gasteiger partial charge on any atom is -0.507 e. The Morgan fingerprint density at radius 2 is 1.69 bits per heavy atom. The molecule has 0 aliphatic heterocycles. The largest absolute Gasteiger partial charge is 0.507 e. The van der Waals surface area contributed by atoms with Crippen LogP contribution in [0.4, 0.5) is 0 Å². The Morgan fingerprint density at radius 3 is 2.12 bits per heavy atom. The monoisotopic (exact) mass is 217 g/mol. The Bertz CT molecular complexity index is 368. The first kappa shape index (κ1) is 14.2. The standard InChI is InChI=1S/C14H19NO/c1-5-9-13(15-11-7-3)12(8-4)14(16)10-6-2/h5-11,16H,4H2,1-3H3/b9-5-,10-6-,11-7-,14-12-,15-13+. The minimum absolute atomic E-state index is 0.166. The van der Waals surface area contributed by atoms with Gasteiger partial charge in [-0.1, -0.05) is 30.9 Å². The molecule has 86 valence electrons. The maximum absolute atomic E-state index is 9.79. The number of aliphatic hydroxyl groups excluding tert-OH is 1. The summed E-state index contributed by atoms with van der Waals surface area (Å²) in [6, 6.07) is 0. The van der Waals surface area contributed by atoms with Gasteiger partial charge in [-0.2, -0.15) is 0 Å². The maximum Gasteiger partial charge on any atom is 0.124 e. The van der Waals surface area contributed by atoms with Crippen LogP contribution in [0.2, 0.25) is 0 Å². The Kier molecular flexibility index (Phi) is 7.51. The average Bonchev–Trinajstić information content (AvgIpc) is 2.27. The third-order valence-corrected chi connectivity index (χ3v) is 1.77. The molecule has 0 spiro atoms. The van der Waals surface area contributed by atoms with Crippen LogP contribution in [0.5, 0.6) is 0 Å². The van der Waals surface area contributed by atoms with Crippen LogP contribution < -0.4 is 0 Å². The molecular weight excluding hydrogens is 198 g/mol. The lowest BCUT2D eigenvalue weighted by Gasteiger charge is -2.03. The lowest BCUT2D eigenvalue weighted by molar-refractivity contribution is 0.430. The summed E-state index contributed by atoms with van der Waals surface area (Å²) in [5.41, 5.74) is 1.31. The van der Waals surface area contributed by atoms with Crippen LogP contribution in [0.1, 0.15) is 20.8 Å². The molecule has 0 aliphatic rings. The molecule has 0 saturated heterocycles. The molecule has 1 N–H and O–H groups in total. The summed E-state index contributed by atoms with van der Waals surface area (Å²) in [6.45, 7) is 9.32. The summed E-state index contributed by atoms with van der Waals surface area (Å²) in [4.78, 5) is 4.23. The van der Waals surface area contributed by atoms with E-state index in [0.717, 1.165) is 0 Å². The molecular formula is C14H19NO. The van der Waals surface area contributed by atoms with E-state index in [0.29, 0.717) is 11.3 Å². The Balaban J connectivity index is 5.47. The second-order valence-electron chi connectivity index (χ2n) is 3.00.